The molecule has 1 aliphatic rings. The Morgan fingerprint density at radius 2 is 1.72 bits per heavy atom. The Kier molecular flexibility index (Phi) is 6.51. The molecule has 3 aromatic rings. The van der Waals surface area contributed by atoms with E-state index in [1.54, 1.807) is 43.1 Å². The van der Waals surface area contributed by atoms with E-state index in [-0.39, 0.29) is 23.1 Å². The second kappa shape index (κ2) is 9.49. The summed E-state index contributed by atoms with van der Waals surface area (Å²) in [5.74, 6) is 1.25. The fraction of sp³-hybridized carbons (Fsp3) is 0.231. The quantitative estimate of drug-likeness (QED) is 0.516. The van der Waals surface area contributed by atoms with Crippen molar-refractivity contribution in [1.29, 1.82) is 0 Å². The van der Waals surface area contributed by atoms with Gasteiger partial charge in [0.15, 0.2) is 0 Å². The van der Waals surface area contributed by atoms with E-state index in [9.17, 15) is 9.59 Å². The Balaban J connectivity index is 1.67. The molecule has 1 atom stereocenters. The summed E-state index contributed by atoms with van der Waals surface area (Å²) >= 11 is 1.58. The van der Waals surface area contributed by atoms with E-state index < -0.39 is 0 Å². The molecule has 4 rings (SSSR count). The fourth-order valence-corrected chi connectivity index (χ4v) is 5.08. The van der Waals surface area contributed by atoms with Gasteiger partial charge in [-0.2, -0.15) is 0 Å². The van der Waals surface area contributed by atoms with Gasteiger partial charge >= 0.3 is 0 Å². The molecule has 0 saturated carbocycles. The van der Waals surface area contributed by atoms with Crippen LogP contribution in [0.5, 0.6) is 5.75 Å². The number of carbonyl (C=O) groups is 2. The average Bonchev–Trinajstić information content (AvgIpc) is 3.20. The number of nitrogens with one attached hydrogen (secondary N) is 1. The van der Waals surface area contributed by atoms with Crippen molar-refractivity contribution in [3.05, 3.63) is 89.5 Å². The first-order valence-electron chi connectivity index (χ1n) is 10.6. The smallest absolute Gasteiger partial charge is 0.255 e. The van der Waals surface area contributed by atoms with Gasteiger partial charge in [0.1, 0.15) is 11.1 Å². The van der Waals surface area contributed by atoms with E-state index in [1.165, 1.54) is 0 Å². The third-order valence-corrected chi connectivity index (χ3v) is 6.71. The Morgan fingerprint density at radius 1 is 1.03 bits per heavy atom. The summed E-state index contributed by atoms with van der Waals surface area (Å²) in [6.07, 6.45) is 0. The van der Waals surface area contributed by atoms with E-state index >= 15 is 0 Å². The van der Waals surface area contributed by atoms with Crippen LogP contribution >= 0.6 is 11.8 Å². The molecule has 5 nitrogen and oxygen atoms in total. The largest absolute Gasteiger partial charge is 0.497 e. The highest BCUT2D eigenvalue weighted by molar-refractivity contribution is 8.00. The third-order valence-electron chi connectivity index (χ3n) is 5.51. The van der Waals surface area contributed by atoms with Crippen LogP contribution in [0.1, 0.15) is 46.6 Å². The molecule has 1 saturated heterocycles. The molecule has 1 aliphatic heterocycles. The van der Waals surface area contributed by atoms with Crippen LogP contribution < -0.4 is 15.0 Å². The SMILES string of the molecule is COc1ccc(C(=O)Nc2ccccc2[C@H]2SCC(=O)N2c2ccccc2C(C)C)cc1. The number of carbonyl (C=O) groups excluding carboxylic acids is 2. The molecular formula is C26H26N2O3S. The van der Waals surface area contributed by atoms with Crippen molar-refractivity contribution in [1.82, 2.24) is 0 Å². The van der Waals surface area contributed by atoms with Gasteiger partial charge in [0.25, 0.3) is 5.91 Å². The van der Waals surface area contributed by atoms with Gasteiger partial charge in [0.05, 0.1) is 12.9 Å². The molecule has 0 aliphatic carbocycles. The molecular weight excluding hydrogens is 420 g/mol. The number of hydrogen-bond acceptors (Lipinski definition) is 4. The van der Waals surface area contributed by atoms with Crippen LogP contribution in [0.3, 0.4) is 0 Å². The summed E-state index contributed by atoms with van der Waals surface area (Å²) in [6, 6.07) is 22.7. The van der Waals surface area contributed by atoms with Gasteiger partial charge in [0.2, 0.25) is 5.91 Å². The van der Waals surface area contributed by atoms with Crippen LogP contribution in [0.25, 0.3) is 0 Å². The Morgan fingerprint density at radius 3 is 2.44 bits per heavy atom. The molecule has 164 valence electrons. The second-order valence-corrected chi connectivity index (χ2v) is 8.98. The molecule has 0 spiro atoms. The number of ether oxygens (including phenoxy) is 1. The van der Waals surface area contributed by atoms with Gasteiger partial charge in [-0.15, -0.1) is 11.8 Å². The minimum absolute atomic E-state index is 0.0735. The zero-order valence-corrected chi connectivity index (χ0v) is 19.2. The highest BCUT2D eigenvalue weighted by Gasteiger charge is 2.36. The van der Waals surface area contributed by atoms with Crippen LogP contribution in [0.2, 0.25) is 0 Å². The molecule has 0 radical (unpaired) electrons. The first-order valence-corrected chi connectivity index (χ1v) is 11.6. The van der Waals surface area contributed by atoms with Crippen LogP contribution in [0.15, 0.2) is 72.8 Å². The summed E-state index contributed by atoms with van der Waals surface area (Å²) < 4.78 is 5.17. The average molecular weight is 447 g/mol. The van der Waals surface area contributed by atoms with Crippen LogP contribution in [-0.2, 0) is 4.79 Å². The number of para-hydroxylation sites is 2. The van der Waals surface area contributed by atoms with E-state index in [2.05, 4.69) is 25.2 Å². The lowest BCUT2D eigenvalue weighted by atomic mass is 10.00. The summed E-state index contributed by atoms with van der Waals surface area (Å²) in [5.41, 5.74) is 4.21. The summed E-state index contributed by atoms with van der Waals surface area (Å²) in [5, 5.41) is 2.82. The van der Waals surface area contributed by atoms with Crippen LogP contribution in [-0.4, -0.2) is 24.7 Å². The van der Waals surface area contributed by atoms with E-state index in [1.807, 2.05) is 47.4 Å². The summed E-state index contributed by atoms with van der Waals surface area (Å²) in [7, 11) is 1.59. The normalized spacial score (nSPS) is 15.8. The first kappa shape index (κ1) is 22.0. The van der Waals surface area contributed by atoms with E-state index in [4.69, 9.17) is 4.74 Å². The maximum absolute atomic E-state index is 13.0. The van der Waals surface area contributed by atoms with Crippen LogP contribution in [0, 0.1) is 0 Å². The minimum atomic E-state index is -0.213. The second-order valence-electron chi connectivity index (χ2n) is 7.91. The predicted molar refractivity (Wildman–Crippen MR) is 131 cm³/mol. The maximum Gasteiger partial charge on any atom is 0.255 e. The van der Waals surface area contributed by atoms with Crippen LogP contribution in [0.4, 0.5) is 11.4 Å². The number of amides is 2. The molecule has 1 heterocycles. The van der Waals surface area contributed by atoms with Gasteiger partial charge in [-0.1, -0.05) is 50.2 Å². The van der Waals surface area contributed by atoms with Crippen molar-refractivity contribution in [2.75, 3.05) is 23.1 Å². The lowest BCUT2D eigenvalue weighted by Crippen LogP contribution is -2.29. The minimum Gasteiger partial charge on any atom is -0.497 e. The van der Waals surface area contributed by atoms with Crippen molar-refractivity contribution in [3.8, 4) is 5.75 Å². The lowest BCUT2D eigenvalue weighted by Gasteiger charge is -2.29. The zero-order chi connectivity index (χ0) is 22.7. The van der Waals surface area contributed by atoms with E-state index in [0.717, 1.165) is 16.8 Å². The molecule has 32 heavy (non-hydrogen) atoms. The summed E-state index contributed by atoms with van der Waals surface area (Å²) in [4.78, 5) is 27.7. The highest BCUT2D eigenvalue weighted by atomic mass is 32.2. The standard InChI is InChI=1S/C26H26N2O3S/c1-17(2)20-8-5-7-11-23(20)28-24(29)16-32-26(28)21-9-4-6-10-22(21)27-25(30)18-12-14-19(31-3)15-13-18/h4-15,17,26H,16H2,1-3H3,(H,27,30)/t26-/m1/s1. The topological polar surface area (TPSA) is 58.6 Å². The van der Waals surface area contributed by atoms with E-state index in [0.29, 0.717) is 22.8 Å². The molecule has 0 unspecified atom stereocenters. The number of thioether (sulfide) groups is 1. The Labute approximate surface area is 192 Å². The third kappa shape index (κ3) is 4.36. The first-order chi connectivity index (χ1) is 15.5. The number of methoxy groups -OCH3 is 1. The van der Waals surface area contributed by atoms with Crippen molar-refractivity contribution in [2.45, 2.75) is 25.1 Å². The predicted octanol–water partition coefficient (Wildman–Crippen LogP) is 5.85. The molecule has 1 fully saturated rings. The molecule has 0 aromatic heterocycles. The number of benzene rings is 3. The van der Waals surface area contributed by atoms with Gasteiger partial charge < -0.3 is 10.1 Å². The lowest BCUT2D eigenvalue weighted by molar-refractivity contribution is -0.115. The maximum atomic E-state index is 13.0. The number of rotatable bonds is 6. The van der Waals surface area contributed by atoms with Gasteiger partial charge in [0, 0.05) is 22.5 Å². The Bertz CT molecular complexity index is 1130. The number of nitrogens with zero attached hydrogens (tertiary/aromatic N) is 1. The fourth-order valence-electron chi connectivity index (χ4n) is 3.87. The Hall–Kier alpha value is -3.25. The van der Waals surface area contributed by atoms with Crippen molar-refractivity contribution in [3.63, 3.8) is 0 Å². The molecule has 6 heteroatoms. The molecule has 2 amide bonds. The molecule has 0 bridgehead atoms. The van der Waals surface area contributed by atoms with Gasteiger partial charge in [-0.25, -0.2) is 0 Å². The number of anilines is 2. The molecule has 1 N–H and O–H groups in total. The molecule has 3 aromatic carbocycles. The van der Waals surface area contributed by atoms with Gasteiger partial charge in [-0.3, -0.25) is 14.5 Å². The monoisotopic (exact) mass is 446 g/mol. The van der Waals surface area contributed by atoms with Gasteiger partial charge in [-0.05, 0) is 47.9 Å². The van der Waals surface area contributed by atoms with Crippen molar-refractivity contribution < 1.29 is 14.3 Å². The zero-order valence-electron chi connectivity index (χ0n) is 18.4. The summed E-state index contributed by atoms with van der Waals surface area (Å²) in [6.45, 7) is 4.26. The van der Waals surface area contributed by atoms with Crippen molar-refractivity contribution >= 4 is 35.0 Å². The number of hydrogen-bond donors (Lipinski definition) is 1. The highest BCUT2D eigenvalue weighted by Crippen LogP contribution is 2.46. The van der Waals surface area contributed by atoms with Crippen molar-refractivity contribution in [2.24, 2.45) is 0 Å².